The third-order valence-electron chi connectivity index (χ3n) is 5.95. The molecule has 0 fully saturated rings. The number of rotatable bonds is 5. The van der Waals surface area contributed by atoms with Crippen LogP contribution in [0.5, 0.6) is 5.75 Å². The lowest BCUT2D eigenvalue weighted by Gasteiger charge is -2.14. The molecule has 0 aliphatic heterocycles. The van der Waals surface area contributed by atoms with E-state index in [1.165, 1.54) is 11.3 Å². The molecule has 8 nitrogen and oxygen atoms in total. The van der Waals surface area contributed by atoms with E-state index in [2.05, 4.69) is 25.3 Å². The number of fused-ring (bicyclic) bond motifs is 2. The zero-order chi connectivity index (χ0) is 25.5. The third kappa shape index (κ3) is 4.39. The summed E-state index contributed by atoms with van der Waals surface area (Å²) in [6.07, 6.45) is 8.63. The number of aromatic nitrogens is 5. The average molecular weight is 527 g/mol. The van der Waals surface area contributed by atoms with Crippen LogP contribution in [0.15, 0.2) is 73.6 Å². The Balaban J connectivity index is 1.35. The number of imidazole rings is 1. The lowest BCUT2D eigenvalue weighted by Crippen LogP contribution is -2.14. The molecular formula is C27H19ClN6O2S. The van der Waals surface area contributed by atoms with Gasteiger partial charge in [-0.05, 0) is 42.8 Å². The standard InChI is InChI=1S/C27H19ClN6O2S/c1-15-7-20(21-9-19-11-29-14-34(19)13-23(21)36-2)22(12-30-15)26(35)33-27-32-25-24(37-27)8-17(10-31-25)16-3-5-18(28)6-4-16/h3-14H,1-2H3,(H,31,32,33,35). The van der Waals surface area contributed by atoms with E-state index in [4.69, 9.17) is 16.3 Å². The van der Waals surface area contributed by atoms with Crippen molar-refractivity contribution in [1.29, 1.82) is 0 Å². The maximum Gasteiger partial charge on any atom is 0.259 e. The van der Waals surface area contributed by atoms with Crippen molar-refractivity contribution in [1.82, 2.24) is 24.3 Å². The van der Waals surface area contributed by atoms with E-state index >= 15 is 0 Å². The summed E-state index contributed by atoms with van der Waals surface area (Å²) in [4.78, 5) is 31.0. The molecule has 0 bridgehead atoms. The first-order chi connectivity index (χ1) is 18.0. The number of methoxy groups -OCH3 is 1. The van der Waals surface area contributed by atoms with E-state index in [1.807, 2.05) is 60.0 Å². The second-order valence-electron chi connectivity index (χ2n) is 8.38. The Morgan fingerprint density at radius 1 is 1.03 bits per heavy atom. The number of benzene rings is 1. The van der Waals surface area contributed by atoms with Gasteiger partial charge in [0.1, 0.15) is 5.75 Å². The van der Waals surface area contributed by atoms with Crippen LogP contribution in [-0.4, -0.2) is 37.4 Å². The molecule has 0 saturated heterocycles. The fourth-order valence-electron chi connectivity index (χ4n) is 4.12. The average Bonchev–Trinajstić information content (AvgIpc) is 3.53. The number of thiazole rings is 1. The van der Waals surface area contributed by atoms with Crippen LogP contribution in [0.25, 0.3) is 38.1 Å². The Morgan fingerprint density at radius 3 is 2.68 bits per heavy atom. The Kier molecular flexibility index (Phi) is 5.78. The Hall–Kier alpha value is -4.34. The van der Waals surface area contributed by atoms with E-state index in [9.17, 15) is 4.79 Å². The molecule has 1 amide bonds. The largest absolute Gasteiger partial charge is 0.495 e. The number of carbonyl (C=O) groups is 1. The van der Waals surface area contributed by atoms with Crippen molar-refractivity contribution < 1.29 is 9.53 Å². The molecule has 0 atom stereocenters. The number of nitrogens with one attached hydrogen (secondary N) is 1. The highest BCUT2D eigenvalue weighted by molar-refractivity contribution is 7.22. The number of carbonyl (C=O) groups excluding carboxylic acids is 1. The summed E-state index contributed by atoms with van der Waals surface area (Å²) < 4.78 is 8.36. The molecule has 0 aliphatic carbocycles. The van der Waals surface area contributed by atoms with Crippen molar-refractivity contribution in [3.05, 3.63) is 89.9 Å². The van der Waals surface area contributed by atoms with E-state index in [0.717, 1.165) is 32.6 Å². The van der Waals surface area contributed by atoms with Crippen LogP contribution in [0.3, 0.4) is 0 Å². The van der Waals surface area contributed by atoms with Gasteiger partial charge in [-0.3, -0.25) is 15.1 Å². The van der Waals surface area contributed by atoms with E-state index < -0.39 is 0 Å². The van der Waals surface area contributed by atoms with E-state index in [1.54, 1.807) is 32.0 Å². The number of amides is 1. The van der Waals surface area contributed by atoms with Crippen LogP contribution in [0.2, 0.25) is 5.02 Å². The first-order valence-electron chi connectivity index (χ1n) is 11.3. The van der Waals surface area contributed by atoms with Crippen LogP contribution in [0.4, 0.5) is 5.13 Å². The van der Waals surface area contributed by atoms with Gasteiger partial charge in [-0.25, -0.2) is 9.97 Å². The molecule has 6 rings (SSSR count). The minimum absolute atomic E-state index is 0.324. The van der Waals surface area contributed by atoms with Crippen LogP contribution < -0.4 is 10.1 Å². The van der Waals surface area contributed by atoms with Gasteiger partial charge in [-0.2, -0.15) is 4.98 Å². The zero-order valence-corrected chi connectivity index (χ0v) is 21.3. The van der Waals surface area contributed by atoms with Crippen molar-refractivity contribution in [3.63, 3.8) is 0 Å². The van der Waals surface area contributed by atoms with Crippen molar-refractivity contribution in [2.45, 2.75) is 6.92 Å². The van der Waals surface area contributed by atoms with Crippen LogP contribution in [0.1, 0.15) is 16.1 Å². The van der Waals surface area contributed by atoms with E-state index in [-0.39, 0.29) is 5.91 Å². The van der Waals surface area contributed by atoms with Gasteiger partial charge >= 0.3 is 0 Å². The first-order valence-corrected chi connectivity index (χ1v) is 12.5. The minimum Gasteiger partial charge on any atom is -0.495 e. The smallest absolute Gasteiger partial charge is 0.259 e. The Morgan fingerprint density at radius 2 is 1.86 bits per heavy atom. The summed E-state index contributed by atoms with van der Waals surface area (Å²) in [5.41, 5.74) is 6.04. The lowest BCUT2D eigenvalue weighted by molar-refractivity contribution is 0.102. The predicted octanol–water partition coefficient (Wildman–Crippen LogP) is 6.29. The highest BCUT2D eigenvalue weighted by Crippen LogP contribution is 2.35. The van der Waals surface area contributed by atoms with Crippen molar-refractivity contribution in [2.75, 3.05) is 12.4 Å². The predicted molar refractivity (Wildman–Crippen MR) is 146 cm³/mol. The molecule has 37 heavy (non-hydrogen) atoms. The fourth-order valence-corrected chi connectivity index (χ4v) is 5.11. The monoisotopic (exact) mass is 526 g/mol. The fraction of sp³-hybridized carbons (Fsp3) is 0.0741. The van der Waals surface area contributed by atoms with Gasteiger partial charge in [0.2, 0.25) is 0 Å². The number of aryl methyl sites for hydroxylation is 1. The molecular weight excluding hydrogens is 508 g/mol. The molecule has 0 saturated carbocycles. The number of hydrogen-bond acceptors (Lipinski definition) is 7. The Bertz CT molecular complexity index is 1790. The summed E-state index contributed by atoms with van der Waals surface area (Å²) in [5.74, 6) is 0.291. The summed E-state index contributed by atoms with van der Waals surface area (Å²) in [7, 11) is 1.60. The SMILES string of the molecule is COc1cn2cncc2cc1-c1cc(C)ncc1C(=O)Nc1nc2ncc(-c3ccc(Cl)cc3)cc2s1. The zero-order valence-electron chi connectivity index (χ0n) is 19.8. The van der Waals surface area contributed by atoms with Gasteiger partial charge in [0.05, 0.1) is 41.6 Å². The van der Waals surface area contributed by atoms with E-state index in [0.29, 0.717) is 32.7 Å². The van der Waals surface area contributed by atoms with Crippen LogP contribution in [-0.2, 0) is 0 Å². The molecule has 1 aromatic carbocycles. The number of halogens is 1. The van der Waals surface area contributed by atoms with Gasteiger partial charge in [0.25, 0.3) is 5.91 Å². The maximum atomic E-state index is 13.5. The highest BCUT2D eigenvalue weighted by atomic mass is 35.5. The molecule has 0 unspecified atom stereocenters. The Labute approximate surface area is 220 Å². The van der Waals surface area contributed by atoms with Gasteiger partial charge in [0.15, 0.2) is 10.8 Å². The summed E-state index contributed by atoms with van der Waals surface area (Å²) >= 11 is 7.37. The highest BCUT2D eigenvalue weighted by Gasteiger charge is 2.20. The van der Waals surface area contributed by atoms with Gasteiger partial charge in [0, 0.05) is 39.8 Å². The molecule has 5 aromatic heterocycles. The summed E-state index contributed by atoms with van der Waals surface area (Å²) in [5, 5.41) is 4.05. The quantitative estimate of drug-likeness (QED) is 0.283. The molecule has 5 heterocycles. The number of nitrogens with zero attached hydrogens (tertiary/aromatic N) is 5. The molecule has 6 aromatic rings. The number of ether oxygens (including phenoxy) is 1. The molecule has 182 valence electrons. The molecule has 0 spiro atoms. The normalized spacial score (nSPS) is 11.2. The number of hydrogen-bond donors (Lipinski definition) is 1. The molecule has 0 radical (unpaired) electrons. The van der Waals surface area contributed by atoms with Crippen molar-refractivity contribution in [3.8, 4) is 28.0 Å². The second-order valence-corrected chi connectivity index (χ2v) is 9.85. The van der Waals surface area contributed by atoms with Crippen molar-refractivity contribution >= 4 is 49.8 Å². The minimum atomic E-state index is -0.324. The topological polar surface area (TPSA) is 94.3 Å². The van der Waals surface area contributed by atoms with Crippen LogP contribution in [0, 0.1) is 6.92 Å². The first kappa shape index (κ1) is 23.1. The van der Waals surface area contributed by atoms with Crippen LogP contribution >= 0.6 is 22.9 Å². The van der Waals surface area contributed by atoms with Gasteiger partial charge in [-0.1, -0.05) is 35.1 Å². The maximum absolute atomic E-state index is 13.5. The third-order valence-corrected chi connectivity index (χ3v) is 7.11. The van der Waals surface area contributed by atoms with Gasteiger partial charge in [-0.15, -0.1) is 0 Å². The second kappa shape index (κ2) is 9.27. The number of anilines is 1. The summed E-state index contributed by atoms with van der Waals surface area (Å²) in [6, 6.07) is 13.4. The summed E-state index contributed by atoms with van der Waals surface area (Å²) in [6.45, 7) is 1.88. The molecule has 1 N–H and O–H groups in total. The van der Waals surface area contributed by atoms with Crippen molar-refractivity contribution in [2.24, 2.45) is 0 Å². The molecule has 10 heteroatoms. The molecule has 0 aliphatic rings. The van der Waals surface area contributed by atoms with Gasteiger partial charge < -0.3 is 9.14 Å². The lowest BCUT2D eigenvalue weighted by atomic mass is 10.00. The number of pyridine rings is 3.